The second-order valence-corrected chi connectivity index (χ2v) is 8.78. The number of piperidine rings is 1. The van der Waals surface area contributed by atoms with E-state index in [9.17, 15) is 0 Å². The van der Waals surface area contributed by atoms with Gasteiger partial charge in [-0.15, -0.1) is 10.2 Å². The van der Waals surface area contributed by atoms with Crippen molar-refractivity contribution in [3.05, 3.63) is 54.4 Å². The highest BCUT2D eigenvalue weighted by Gasteiger charge is 2.24. The van der Waals surface area contributed by atoms with Crippen LogP contribution in [0.5, 0.6) is 11.5 Å². The second-order valence-electron chi connectivity index (χ2n) is 7.84. The first kappa shape index (κ1) is 22.3. The van der Waals surface area contributed by atoms with Crippen LogP contribution in [0.3, 0.4) is 0 Å². The molecule has 9 nitrogen and oxygen atoms in total. The summed E-state index contributed by atoms with van der Waals surface area (Å²) in [6.45, 7) is 1.92. The Hall–Kier alpha value is -3.53. The zero-order valence-electron chi connectivity index (χ0n) is 19.2. The number of aromatic nitrogens is 5. The molecule has 2 aromatic carbocycles. The van der Waals surface area contributed by atoms with Crippen molar-refractivity contribution in [2.75, 3.05) is 32.2 Å². The summed E-state index contributed by atoms with van der Waals surface area (Å²) in [5, 5.41) is 14.0. The first-order valence-electron chi connectivity index (χ1n) is 11.2. The van der Waals surface area contributed by atoms with Gasteiger partial charge in [-0.05, 0) is 43.5 Å². The normalized spacial score (nSPS) is 13.8. The van der Waals surface area contributed by atoms with Crippen LogP contribution in [0, 0.1) is 0 Å². The molecule has 1 aliphatic heterocycles. The third-order valence-corrected chi connectivity index (χ3v) is 6.64. The lowest BCUT2D eigenvalue weighted by atomic mass is 10.1. The summed E-state index contributed by atoms with van der Waals surface area (Å²) in [6.07, 6.45) is 3.54. The van der Waals surface area contributed by atoms with Crippen molar-refractivity contribution in [3.8, 4) is 28.6 Å². The van der Waals surface area contributed by atoms with Crippen molar-refractivity contribution < 1.29 is 14.0 Å². The Balaban J connectivity index is 1.43. The first-order valence-corrected chi connectivity index (χ1v) is 12.2. The van der Waals surface area contributed by atoms with E-state index in [1.165, 1.54) is 18.2 Å². The number of thioether (sulfide) groups is 1. The molecule has 176 valence electrons. The molecule has 10 heteroatoms. The van der Waals surface area contributed by atoms with Crippen LogP contribution in [0.1, 0.15) is 25.2 Å². The maximum Gasteiger partial charge on any atom is 0.237 e. The minimum Gasteiger partial charge on any atom is -0.496 e. The van der Waals surface area contributed by atoms with Crippen molar-refractivity contribution in [3.63, 3.8) is 0 Å². The Morgan fingerprint density at radius 1 is 0.912 bits per heavy atom. The molecule has 5 rings (SSSR count). The SMILES string of the molecule is COc1ccccc1-c1noc(CSc2nnc(N3CCCCC3)n2-c2ccccc2OC)n1. The molecule has 0 saturated carbocycles. The van der Waals surface area contributed by atoms with Crippen LogP contribution in [-0.2, 0) is 5.75 Å². The summed E-state index contributed by atoms with van der Waals surface area (Å²) in [5.41, 5.74) is 1.69. The van der Waals surface area contributed by atoms with E-state index in [-0.39, 0.29) is 0 Å². The van der Waals surface area contributed by atoms with Gasteiger partial charge in [-0.1, -0.05) is 41.2 Å². The van der Waals surface area contributed by atoms with Crippen molar-refractivity contribution >= 4 is 17.7 Å². The lowest BCUT2D eigenvalue weighted by Crippen LogP contribution is -2.31. The Morgan fingerprint density at radius 2 is 1.65 bits per heavy atom. The van der Waals surface area contributed by atoms with Crippen LogP contribution in [0.25, 0.3) is 17.1 Å². The molecule has 4 aromatic rings. The van der Waals surface area contributed by atoms with Crippen molar-refractivity contribution in [1.82, 2.24) is 24.9 Å². The van der Waals surface area contributed by atoms with Gasteiger partial charge in [0.15, 0.2) is 5.16 Å². The molecule has 0 aliphatic carbocycles. The Bertz CT molecular complexity index is 1250. The van der Waals surface area contributed by atoms with E-state index in [4.69, 9.17) is 14.0 Å². The lowest BCUT2D eigenvalue weighted by Gasteiger charge is -2.28. The molecule has 0 spiro atoms. The topological polar surface area (TPSA) is 91.3 Å². The maximum absolute atomic E-state index is 5.65. The van der Waals surface area contributed by atoms with Gasteiger partial charge in [-0.2, -0.15) is 4.98 Å². The van der Waals surface area contributed by atoms with E-state index in [0.29, 0.717) is 23.2 Å². The summed E-state index contributed by atoms with van der Waals surface area (Å²) in [6, 6.07) is 15.5. The average molecular weight is 479 g/mol. The van der Waals surface area contributed by atoms with Crippen LogP contribution in [0.4, 0.5) is 5.95 Å². The van der Waals surface area contributed by atoms with Gasteiger partial charge in [-0.25, -0.2) is 0 Å². The fraction of sp³-hybridized carbons (Fsp3) is 0.333. The van der Waals surface area contributed by atoms with Gasteiger partial charge in [0, 0.05) is 13.1 Å². The smallest absolute Gasteiger partial charge is 0.237 e. The van der Waals surface area contributed by atoms with Crippen molar-refractivity contribution in [2.24, 2.45) is 0 Å². The van der Waals surface area contributed by atoms with Crippen molar-refractivity contribution in [1.29, 1.82) is 0 Å². The van der Waals surface area contributed by atoms with E-state index in [1.54, 1.807) is 14.2 Å². The van der Waals surface area contributed by atoms with E-state index >= 15 is 0 Å². The second kappa shape index (κ2) is 10.2. The zero-order chi connectivity index (χ0) is 23.3. The number of hydrogen-bond donors (Lipinski definition) is 0. The summed E-state index contributed by atoms with van der Waals surface area (Å²) in [4.78, 5) is 6.86. The highest BCUT2D eigenvalue weighted by atomic mass is 32.2. The highest BCUT2D eigenvalue weighted by Crippen LogP contribution is 2.34. The summed E-state index contributed by atoms with van der Waals surface area (Å²) < 4.78 is 18.7. The molecule has 2 aromatic heterocycles. The highest BCUT2D eigenvalue weighted by molar-refractivity contribution is 7.98. The predicted octanol–water partition coefficient (Wildman–Crippen LogP) is 4.62. The first-order chi connectivity index (χ1) is 16.8. The number of methoxy groups -OCH3 is 2. The number of hydrogen-bond acceptors (Lipinski definition) is 9. The van der Waals surface area contributed by atoms with Crippen LogP contribution >= 0.6 is 11.8 Å². The van der Waals surface area contributed by atoms with E-state index < -0.39 is 0 Å². The standard InChI is InChI=1S/C24H26N6O3S/c1-31-19-12-6-4-10-17(19)22-25-21(33-28-22)16-34-24-27-26-23(29-14-8-3-9-15-29)30(24)18-11-5-7-13-20(18)32-2/h4-7,10-13H,3,8-9,14-16H2,1-2H3. The molecular weight excluding hydrogens is 452 g/mol. The van der Waals surface area contributed by atoms with Crippen LogP contribution in [-0.4, -0.2) is 52.2 Å². The Morgan fingerprint density at radius 3 is 2.44 bits per heavy atom. The molecule has 0 atom stereocenters. The van der Waals surface area contributed by atoms with E-state index in [2.05, 4.69) is 29.8 Å². The third kappa shape index (κ3) is 4.45. The number of rotatable bonds is 8. The van der Waals surface area contributed by atoms with Gasteiger partial charge in [0.05, 0.1) is 31.2 Å². The molecule has 1 fully saturated rings. The van der Waals surface area contributed by atoms with Gasteiger partial charge < -0.3 is 18.9 Å². The number of nitrogens with zero attached hydrogens (tertiary/aromatic N) is 6. The largest absolute Gasteiger partial charge is 0.496 e. The molecule has 1 saturated heterocycles. The molecule has 0 radical (unpaired) electrons. The molecule has 0 unspecified atom stereocenters. The van der Waals surface area contributed by atoms with E-state index in [0.717, 1.165) is 54.0 Å². The lowest BCUT2D eigenvalue weighted by molar-refractivity contribution is 0.390. The summed E-state index contributed by atoms with van der Waals surface area (Å²) >= 11 is 1.50. The fourth-order valence-electron chi connectivity index (χ4n) is 4.06. The molecule has 3 heterocycles. The monoisotopic (exact) mass is 478 g/mol. The molecule has 34 heavy (non-hydrogen) atoms. The number of benzene rings is 2. The molecule has 0 amide bonds. The maximum atomic E-state index is 5.65. The van der Waals surface area contributed by atoms with Crippen molar-refractivity contribution in [2.45, 2.75) is 30.2 Å². The third-order valence-electron chi connectivity index (χ3n) is 5.72. The average Bonchev–Trinajstić information content (AvgIpc) is 3.55. The number of anilines is 1. The summed E-state index contributed by atoms with van der Waals surface area (Å²) in [5.74, 6) is 3.73. The summed E-state index contributed by atoms with van der Waals surface area (Å²) in [7, 11) is 3.30. The zero-order valence-corrected chi connectivity index (χ0v) is 20.0. The quantitative estimate of drug-likeness (QED) is 0.336. The Labute approximate surface area is 202 Å². The molecular formula is C24H26N6O3S. The van der Waals surface area contributed by atoms with Crippen LogP contribution in [0.2, 0.25) is 0 Å². The van der Waals surface area contributed by atoms with Gasteiger partial charge in [0.25, 0.3) is 0 Å². The van der Waals surface area contributed by atoms with Crippen LogP contribution < -0.4 is 14.4 Å². The van der Waals surface area contributed by atoms with Gasteiger partial charge >= 0.3 is 0 Å². The fourth-order valence-corrected chi connectivity index (χ4v) is 4.84. The minimum atomic E-state index is 0.454. The minimum absolute atomic E-state index is 0.454. The van der Waals surface area contributed by atoms with E-state index in [1.807, 2.05) is 48.5 Å². The van der Waals surface area contributed by atoms with Gasteiger partial charge in [0.2, 0.25) is 17.7 Å². The molecule has 0 N–H and O–H groups in total. The van der Waals surface area contributed by atoms with Gasteiger partial charge in [-0.3, -0.25) is 4.57 Å². The van der Waals surface area contributed by atoms with Crippen LogP contribution in [0.15, 0.2) is 58.2 Å². The number of para-hydroxylation sites is 3. The predicted molar refractivity (Wildman–Crippen MR) is 130 cm³/mol. The molecule has 1 aliphatic rings. The number of ether oxygens (including phenoxy) is 2. The Kier molecular flexibility index (Phi) is 6.66. The molecule has 0 bridgehead atoms. The van der Waals surface area contributed by atoms with Gasteiger partial charge in [0.1, 0.15) is 11.5 Å².